The summed E-state index contributed by atoms with van der Waals surface area (Å²) >= 11 is 0. The third-order valence-corrected chi connectivity index (χ3v) is 1.99. The Hall–Kier alpha value is -2.05. The predicted octanol–water partition coefficient (Wildman–Crippen LogP) is 2.42. The molecule has 0 unspecified atom stereocenters. The average Bonchev–Trinajstić information content (AvgIpc) is 2.64. The summed E-state index contributed by atoms with van der Waals surface area (Å²) in [6.45, 7) is 0. The van der Waals surface area contributed by atoms with E-state index < -0.39 is 18.5 Å². The average molecular weight is 243 g/mol. The lowest BCUT2D eigenvalue weighted by atomic mass is 10.2. The predicted molar refractivity (Wildman–Crippen MR) is 53.9 cm³/mol. The zero-order chi connectivity index (χ0) is 12.5. The highest BCUT2D eigenvalue weighted by Crippen LogP contribution is 2.22. The van der Waals surface area contributed by atoms with Gasteiger partial charge in [0.25, 0.3) is 0 Å². The number of hydrogen-bond acceptors (Lipinski definition) is 4. The van der Waals surface area contributed by atoms with Crippen LogP contribution in [0.25, 0.3) is 11.4 Å². The minimum absolute atomic E-state index is 0.115. The van der Waals surface area contributed by atoms with Gasteiger partial charge in [-0.15, -0.1) is 0 Å². The number of hydrogen-bond donors (Lipinski definition) is 1. The second-order valence-corrected chi connectivity index (χ2v) is 3.43. The van der Waals surface area contributed by atoms with Crippen LogP contribution in [0.2, 0.25) is 0 Å². The molecule has 2 N–H and O–H groups in total. The number of halogens is 3. The number of nitrogens with zero attached hydrogens (tertiary/aromatic N) is 2. The normalized spacial score (nSPS) is 11.7. The van der Waals surface area contributed by atoms with Crippen LogP contribution in [0, 0.1) is 0 Å². The van der Waals surface area contributed by atoms with Crippen molar-refractivity contribution in [3.05, 3.63) is 30.2 Å². The van der Waals surface area contributed by atoms with Crippen molar-refractivity contribution in [3.63, 3.8) is 0 Å². The van der Waals surface area contributed by atoms with E-state index in [0.717, 1.165) is 0 Å². The number of benzene rings is 1. The highest BCUT2D eigenvalue weighted by Gasteiger charge is 2.31. The van der Waals surface area contributed by atoms with Gasteiger partial charge in [-0.25, -0.2) is 0 Å². The summed E-state index contributed by atoms with van der Waals surface area (Å²) in [7, 11) is 0. The minimum atomic E-state index is -4.36. The SMILES string of the molecule is Nc1ccc(-c2noc(CC(F)(F)F)n2)cc1. The first-order valence-electron chi connectivity index (χ1n) is 4.69. The quantitative estimate of drug-likeness (QED) is 0.822. The van der Waals surface area contributed by atoms with Crippen molar-refractivity contribution in [1.82, 2.24) is 10.1 Å². The van der Waals surface area contributed by atoms with Gasteiger partial charge < -0.3 is 10.3 Å². The van der Waals surface area contributed by atoms with Crippen LogP contribution in [0.3, 0.4) is 0 Å². The van der Waals surface area contributed by atoms with Crippen LogP contribution in [0.4, 0.5) is 18.9 Å². The zero-order valence-corrected chi connectivity index (χ0v) is 8.53. The summed E-state index contributed by atoms with van der Waals surface area (Å²) in [6.07, 6.45) is -5.58. The Morgan fingerprint density at radius 1 is 1.18 bits per heavy atom. The Morgan fingerprint density at radius 3 is 2.41 bits per heavy atom. The maximum absolute atomic E-state index is 12.1. The monoisotopic (exact) mass is 243 g/mol. The van der Waals surface area contributed by atoms with Gasteiger partial charge in [-0.3, -0.25) is 0 Å². The maximum Gasteiger partial charge on any atom is 0.397 e. The van der Waals surface area contributed by atoms with Crippen molar-refractivity contribution in [2.24, 2.45) is 0 Å². The van der Waals surface area contributed by atoms with Crippen LogP contribution in [0.15, 0.2) is 28.8 Å². The topological polar surface area (TPSA) is 64.9 Å². The molecule has 0 radical (unpaired) electrons. The molecule has 0 atom stereocenters. The van der Waals surface area contributed by atoms with E-state index in [1.54, 1.807) is 24.3 Å². The molecule has 0 aliphatic rings. The van der Waals surface area contributed by atoms with E-state index in [1.807, 2.05) is 0 Å². The molecule has 90 valence electrons. The standard InChI is InChI=1S/C10H8F3N3O/c11-10(12,13)5-8-15-9(16-17-8)6-1-3-7(14)4-2-6/h1-4H,5,14H2. The van der Waals surface area contributed by atoms with Crippen LogP contribution in [0.1, 0.15) is 5.89 Å². The molecule has 1 aromatic carbocycles. The van der Waals surface area contributed by atoms with E-state index in [4.69, 9.17) is 5.73 Å². The lowest BCUT2D eigenvalue weighted by Gasteiger charge is -1.99. The number of alkyl halides is 3. The lowest BCUT2D eigenvalue weighted by Crippen LogP contribution is -2.11. The Bertz CT molecular complexity index is 504. The van der Waals surface area contributed by atoms with E-state index in [2.05, 4.69) is 14.7 Å². The minimum Gasteiger partial charge on any atom is -0.399 e. The summed E-state index contributed by atoms with van der Waals surface area (Å²) in [4.78, 5) is 3.66. The lowest BCUT2D eigenvalue weighted by molar-refractivity contribution is -0.131. The third-order valence-electron chi connectivity index (χ3n) is 1.99. The molecule has 2 aromatic rings. The van der Waals surface area contributed by atoms with Gasteiger partial charge in [0.1, 0.15) is 6.42 Å². The molecule has 0 spiro atoms. The fourth-order valence-electron chi connectivity index (χ4n) is 1.25. The van der Waals surface area contributed by atoms with Crippen LogP contribution in [-0.2, 0) is 6.42 Å². The van der Waals surface area contributed by atoms with E-state index >= 15 is 0 Å². The Labute approximate surface area is 94.2 Å². The summed E-state index contributed by atoms with van der Waals surface area (Å²) < 4.78 is 40.7. The van der Waals surface area contributed by atoms with Crippen molar-refractivity contribution in [1.29, 1.82) is 0 Å². The fourth-order valence-corrected chi connectivity index (χ4v) is 1.25. The van der Waals surface area contributed by atoms with Crippen LogP contribution >= 0.6 is 0 Å². The highest BCUT2D eigenvalue weighted by atomic mass is 19.4. The van der Waals surface area contributed by atoms with E-state index in [0.29, 0.717) is 11.3 Å². The first-order valence-corrected chi connectivity index (χ1v) is 4.69. The molecule has 0 amide bonds. The van der Waals surface area contributed by atoms with Gasteiger partial charge in [0.2, 0.25) is 11.7 Å². The molecule has 0 bridgehead atoms. The Kier molecular flexibility index (Phi) is 2.74. The first-order chi connectivity index (χ1) is 7.94. The zero-order valence-electron chi connectivity index (χ0n) is 8.53. The van der Waals surface area contributed by atoms with Crippen molar-refractivity contribution in [2.75, 3.05) is 5.73 Å². The fraction of sp³-hybridized carbons (Fsp3) is 0.200. The summed E-state index contributed by atoms with van der Waals surface area (Å²) in [5.74, 6) is -0.339. The van der Waals surface area contributed by atoms with E-state index in [1.165, 1.54) is 0 Å². The smallest absolute Gasteiger partial charge is 0.397 e. The molecule has 4 nitrogen and oxygen atoms in total. The molecule has 1 heterocycles. The van der Waals surface area contributed by atoms with Crippen LogP contribution in [-0.4, -0.2) is 16.3 Å². The molecule has 0 saturated heterocycles. The van der Waals surface area contributed by atoms with Gasteiger partial charge in [0, 0.05) is 11.3 Å². The van der Waals surface area contributed by atoms with Gasteiger partial charge in [0.05, 0.1) is 0 Å². The number of aromatic nitrogens is 2. The van der Waals surface area contributed by atoms with Gasteiger partial charge in [-0.05, 0) is 24.3 Å². The number of anilines is 1. The number of rotatable bonds is 2. The van der Waals surface area contributed by atoms with Crippen molar-refractivity contribution in [2.45, 2.75) is 12.6 Å². The second kappa shape index (κ2) is 4.08. The number of nitrogens with two attached hydrogens (primary N) is 1. The molecule has 17 heavy (non-hydrogen) atoms. The molecular formula is C10H8F3N3O. The van der Waals surface area contributed by atoms with Crippen molar-refractivity contribution >= 4 is 5.69 Å². The Morgan fingerprint density at radius 2 is 1.82 bits per heavy atom. The van der Waals surface area contributed by atoms with Crippen LogP contribution in [0.5, 0.6) is 0 Å². The molecular weight excluding hydrogens is 235 g/mol. The second-order valence-electron chi connectivity index (χ2n) is 3.43. The molecule has 2 rings (SSSR count). The number of nitrogen functional groups attached to an aromatic ring is 1. The van der Waals surface area contributed by atoms with Gasteiger partial charge in [-0.2, -0.15) is 18.2 Å². The Balaban J connectivity index is 2.21. The molecule has 1 aromatic heterocycles. The van der Waals surface area contributed by atoms with Gasteiger partial charge >= 0.3 is 6.18 Å². The molecule has 0 fully saturated rings. The van der Waals surface area contributed by atoms with Crippen LogP contribution < -0.4 is 5.73 Å². The molecule has 0 aliphatic heterocycles. The van der Waals surface area contributed by atoms with E-state index in [9.17, 15) is 13.2 Å². The maximum atomic E-state index is 12.1. The summed E-state index contributed by atoms with van der Waals surface area (Å²) in [5.41, 5.74) is 6.58. The molecule has 0 saturated carbocycles. The van der Waals surface area contributed by atoms with Gasteiger partial charge in [0.15, 0.2) is 0 Å². The molecule has 0 aliphatic carbocycles. The molecule has 7 heteroatoms. The highest BCUT2D eigenvalue weighted by molar-refractivity contribution is 5.57. The largest absolute Gasteiger partial charge is 0.399 e. The van der Waals surface area contributed by atoms with Crippen molar-refractivity contribution in [3.8, 4) is 11.4 Å². The summed E-state index contributed by atoms with van der Waals surface area (Å²) in [5, 5.41) is 3.47. The first kappa shape index (κ1) is 11.4. The van der Waals surface area contributed by atoms with E-state index in [-0.39, 0.29) is 5.82 Å². The third kappa shape index (κ3) is 2.96. The van der Waals surface area contributed by atoms with Gasteiger partial charge in [-0.1, -0.05) is 5.16 Å². The van der Waals surface area contributed by atoms with Crippen molar-refractivity contribution < 1.29 is 17.7 Å². The summed E-state index contributed by atoms with van der Waals surface area (Å²) in [6, 6.07) is 6.43.